The smallest absolute Gasteiger partial charge is 0.217 e. The van der Waals surface area contributed by atoms with Gasteiger partial charge in [-0.15, -0.1) is 35.3 Å². The summed E-state index contributed by atoms with van der Waals surface area (Å²) in [5, 5.41) is 3.46. The fourth-order valence-corrected chi connectivity index (χ4v) is 4.54. The van der Waals surface area contributed by atoms with Crippen LogP contribution in [0.5, 0.6) is 5.75 Å². The molecule has 2 aromatic rings. The van der Waals surface area contributed by atoms with Gasteiger partial charge in [-0.1, -0.05) is 0 Å². The number of piperidine rings is 1. The lowest BCUT2D eigenvalue weighted by molar-refractivity contribution is -0.119. The predicted molar refractivity (Wildman–Crippen MR) is 130 cm³/mol. The number of hydrogen-bond donors (Lipinski definition) is 2. The third-order valence-electron chi connectivity index (χ3n) is 4.98. The Morgan fingerprint density at radius 1 is 1.31 bits per heavy atom. The van der Waals surface area contributed by atoms with Gasteiger partial charge in [-0.05, 0) is 60.7 Å². The Balaban J connectivity index is 0.00000300. The number of amides is 1. The van der Waals surface area contributed by atoms with Gasteiger partial charge in [0, 0.05) is 36.3 Å². The zero-order valence-corrected chi connectivity index (χ0v) is 20.0. The summed E-state index contributed by atoms with van der Waals surface area (Å²) < 4.78 is 5.22. The second-order valence-electron chi connectivity index (χ2n) is 7.02. The largest absolute Gasteiger partial charge is 0.497 e. The molecule has 0 radical (unpaired) electrons. The molecule has 1 aliphatic heterocycles. The molecule has 0 saturated carbocycles. The number of nitrogens with two attached hydrogens (primary N) is 1. The van der Waals surface area contributed by atoms with Crippen LogP contribution in [0.15, 0.2) is 41.4 Å². The Kier molecular flexibility index (Phi) is 9.22. The molecule has 3 N–H and O–H groups in total. The van der Waals surface area contributed by atoms with Crippen LogP contribution in [0.3, 0.4) is 0 Å². The molecule has 1 aromatic carbocycles. The van der Waals surface area contributed by atoms with Crippen LogP contribution in [0.2, 0.25) is 0 Å². The lowest BCUT2D eigenvalue weighted by Gasteiger charge is -2.34. The minimum Gasteiger partial charge on any atom is -0.497 e. The molecular weight excluding hydrogens is 499 g/mol. The van der Waals surface area contributed by atoms with Gasteiger partial charge in [0.1, 0.15) is 5.75 Å². The number of rotatable bonds is 6. The number of thiophene rings is 1. The molecule has 0 aliphatic carbocycles. The van der Waals surface area contributed by atoms with E-state index in [0.29, 0.717) is 12.3 Å². The molecule has 1 aromatic heterocycles. The molecule has 158 valence electrons. The maximum atomic E-state index is 11.2. The van der Waals surface area contributed by atoms with Crippen molar-refractivity contribution in [3.8, 4) is 16.2 Å². The maximum Gasteiger partial charge on any atom is 0.217 e. The highest BCUT2D eigenvalue weighted by molar-refractivity contribution is 14.0. The number of methoxy groups -OCH3 is 1. The van der Waals surface area contributed by atoms with Crippen LogP contribution in [0.4, 0.5) is 0 Å². The first-order valence-electron chi connectivity index (χ1n) is 9.56. The van der Waals surface area contributed by atoms with Gasteiger partial charge in [0.05, 0.1) is 13.7 Å². The van der Waals surface area contributed by atoms with E-state index in [1.165, 1.54) is 15.3 Å². The molecule has 0 bridgehead atoms. The molecule has 1 amide bonds. The van der Waals surface area contributed by atoms with Gasteiger partial charge in [0.25, 0.3) is 0 Å². The molecule has 1 saturated heterocycles. The third-order valence-corrected chi connectivity index (χ3v) is 6.11. The number of carbonyl (C=O) groups excluding carboxylic acids is 1. The molecule has 1 atom stereocenters. The second-order valence-corrected chi connectivity index (χ2v) is 8.19. The van der Waals surface area contributed by atoms with Crippen molar-refractivity contribution in [2.75, 3.05) is 27.2 Å². The number of aliphatic imine (C=N–C) groups is 1. The van der Waals surface area contributed by atoms with Gasteiger partial charge >= 0.3 is 0 Å². The monoisotopic (exact) mass is 528 g/mol. The molecular formula is C21H29IN4O2S. The summed E-state index contributed by atoms with van der Waals surface area (Å²) in [6, 6.07) is 12.4. The molecule has 1 fully saturated rings. The lowest BCUT2D eigenvalue weighted by atomic mass is 9.95. The number of ether oxygens (including phenoxy) is 1. The van der Waals surface area contributed by atoms with E-state index in [4.69, 9.17) is 10.5 Å². The summed E-state index contributed by atoms with van der Waals surface area (Å²) in [6.45, 7) is 2.51. The van der Waals surface area contributed by atoms with Crippen molar-refractivity contribution < 1.29 is 9.53 Å². The van der Waals surface area contributed by atoms with Crippen LogP contribution >= 0.6 is 35.3 Å². The van der Waals surface area contributed by atoms with E-state index in [1.807, 2.05) is 12.1 Å². The van der Waals surface area contributed by atoms with Gasteiger partial charge in [-0.2, -0.15) is 0 Å². The average molecular weight is 528 g/mol. The van der Waals surface area contributed by atoms with E-state index >= 15 is 0 Å². The fraction of sp³-hybridized carbons (Fsp3) is 0.429. The van der Waals surface area contributed by atoms with Gasteiger partial charge in [0.2, 0.25) is 5.91 Å². The molecule has 2 heterocycles. The lowest BCUT2D eigenvalue weighted by Crippen LogP contribution is -2.46. The Hall–Kier alpha value is -1.81. The topological polar surface area (TPSA) is 80.0 Å². The first-order valence-corrected chi connectivity index (χ1v) is 10.4. The summed E-state index contributed by atoms with van der Waals surface area (Å²) >= 11 is 1.77. The van der Waals surface area contributed by atoms with Crippen LogP contribution in [0, 0.1) is 5.92 Å². The summed E-state index contributed by atoms with van der Waals surface area (Å²) in [5.74, 6) is 1.84. The molecule has 8 heteroatoms. The summed E-state index contributed by atoms with van der Waals surface area (Å²) in [5.41, 5.74) is 6.56. The van der Waals surface area contributed by atoms with Gasteiger partial charge in [-0.3, -0.25) is 9.79 Å². The molecule has 3 rings (SSSR count). The first kappa shape index (κ1) is 23.5. The van der Waals surface area contributed by atoms with E-state index in [-0.39, 0.29) is 29.9 Å². The highest BCUT2D eigenvalue weighted by Crippen LogP contribution is 2.29. The van der Waals surface area contributed by atoms with E-state index in [2.05, 4.69) is 39.5 Å². The number of primary amides is 1. The Labute approximate surface area is 193 Å². The maximum absolute atomic E-state index is 11.2. The van der Waals surface area contributed by atoms with Crippen molar-refractivity contribution in [1.29, 1.82) is 0 Å². The SMILES string of the molecule is CN=C(NCc1ccc(-c2ccc(OC)cc2)s1)N1CCCC(CC(N)=O)C1.I. The molecule has 29 heavy (non-hydrogen) atoms. The number of nitrogens with one attached hydrogen (secondary N) is 1. The van der Waals surface area contributed by atoms with Crippen LogP contribution in [-0.4, -0.2) is 44.0 Å². The van der Waals surface area contributed by atoms with E-state index < -0.39 is 0 Å². The quantitative estimate of drug-likeness (QED) is 0.341. The van der Waals surface area contributed by atoms with Crippen molar-refractivity contribution in [2.45, 2.75) is 25.8 Å². The van der Waals surface area contributed by atoms with Crippen molar-refractivity contribution in [3.05, 3.63) is 41.3 Å². The van der Waals surface area contributed by atoms with E-state index in [9.17, 15) is 4.79 Å². The number of benzene rings is 1. The van der Waals surface area contributed by atoms with Crippen LogP contribution < -0.4 is 15.8 Å². The zero-order valence-electron chi connectivity index (χ0n) is 16.9. The summed E-state index contributed by atoms with van der Waals surface area (Å²) in [4.78, 5) is 20.4. The first-order chi connectivity index (χ1) is 13.6. The standard InChI is InChI=1S/C21H28N4O2S.HI/c1-23-21(25-11-3-4-15(14-25)12-20(22)26)24-13-18-9-10-19(28-18)16-5-7-17(27-2)8-6-16;/h5-10,15H,3-4,11-14H2,1-2H3,(H2,22,26)(H,23,24);1H. The Morgan fingerprint density at radius 2 is 2.07 bits per heavy atom. The van der Waals surface area contributed by atoms with Gasteiger partial charge in [-0.25, -0.2) is 0 Å². The minimum atomic E-state index is -0.223. The number of guanidine groups is 1. The van der Waals surface area contributed by atoms with E-state index in [1.54, 1.807) is 25.5 Å². The number of likely N-dealkylation sites (tertiary alicyclic amines) is 1. The molecule has 1 unspecified atom stereocenters. The third kappa shape index (κ3) is 6.60. The van der Waals surface area contributed by atoms with Crippen LogP contribution in [0.25, 0.3) is 10.4 Å². The van der Waals surface area contributed by atoms with Crippen molar-refractivity contribution in [3.63, 3.8) is 0 Å². The predicted octanol–water partition coefficient (Wildman–Crippen LogP) is 3.70. The van der Waals surface area contributed by atoms with E-state index in [0.717, 1.165) is 44.2 Å². The second kappa shape index (κ2) is 11.4. The molecule has 1 aliphatic rings. The number of carbonyl (C=O) groups is 1. The normalized spacial score (nSPS) is 16.8. The Morgan fingerprint density at radius 3 is 2.72 bits per heavy atom. The van der Waals surface area contributed by atoms with Crippen molar-refractivity contribution in [1.82, 2.24) is 10.2 Å². The zero-order chi connectivity index (χ0) is 19.9. The molecule has 0 spiro atoms. The summed E-state index contributed by atoms with van der Waals surface area (Å²) in [7, 11) is 3.48. The van der Waals surface area contributed by atoms with Gasteiger partial charge < -0.3 is 20.7 Å². The van der Waals surface area contributed by atoms with Crippen LogP contribution in [0.1, 0.15) is 24.1 Å². The minimum absolute atomic E-state index is 0. The highest BCUT2D eigenvalue weighted by Gasteiger charge is 2.23. The van der Waals surface area contributed by atoms with Crippen molar-refractivity contribution >= 4 is 47.2 Å². The highest BCUT2D eigenvalue weighted by atomic mass is 127. The summed E-state index contributed by atoms with van der Waals surface area (Å²) in [6.07, 6.45) is 2.55. The average Bonchev–Trinajstić information content (AvgIpc) is 3.17. The van der Waals surface area contributed by atoms with Gasteiger partial charge in [0.15, 0.2) is 5.96 Å². The number of hydrogen-bond acceptors (Lipinski definition) is 4. The van der Waals surface area contributed by atoms with Crippen molar-refractivity contribution in [2.24, 2.45) is 16.6 Å². The fourth-order valence-electron chi connectivity index (χ4n) is 3.59. The van der Waals surface area contributed by atoms with Crippen LogP contribution in [-0.2, 0) is 11.3 Å². The molecule has 6 nitrogen and oxygen atoms in total. The number of nitrogens with zero attached hydrogens (tertiary/aromatic N) is 2. The number of halogens is 1. The Bertz CT molecular complexity index is 822.